The minimum atomic E-state index is -0.262. The molecule has 8 heavy (non-hydrogen) atoms. The molecule has 0 saturated heterocycles. The van der Waals surface area contributed by atoms with Crippen molar-refractivity contribution in [2.45, 2.75) is 26.3 Å². The molecule has 0 aromatic rings. The highest BCUT2D eigenvalue weighted by atomic mass is 16.6. The average Bonchev–Trinajstić information content (AvgIpc) is 2.13. The quantitative estimate of drug-likeness (QED) is 0.379. The van der Waals surface area contributed by atoms with Gasteiger partial charge in [-0.1, -0.05) is 13.8 Å². The molecule has 0 heterocycles. The lowest BCUT2D eigenvalue weighted by Crippen LogP contribution is -2.07. The smallest absolute Gasteiger partial charge is 0.219 e. The van der Waals surface area contributed by atoms with Crippen molar-refractivity contribution in [2.75, 3.05) is 0 Å². The molecule has 0 N–H and O–H groups in total. The molecule has 0 spiro atoms. The van der Waals surface area contributed by atoms with Gasteiger partial charge in [0.25, 0.3) is 0 Å². The molecule has 0 aromatic carbocycles. The summed E-state index contributed by atoms with van der Waals surface area (Å²) in [7, 11) is 0. The Morgan fingerprint density at radius 2 is 2.12 bits per heavy atom. The lowest BCUT2D eigenvalue weighted by Gasteiger charge is -1.91. The predicted octanol–water partition coefficient (Wildman–Crippen LogP) is 1.06. The number of nitrogens with zero attached hydrogens (tertiary/aromatic N) is 1. The van der Waals surface area contributed by atoms with Gasteiger partial charge in [-0.3, -0.25) is 10.1 Å². The van der Waals surface area contributed by atoms with Crippen molar-refractivity contribution in [2.24, 2.45) is 5.41 Å². The molecule has 0 aromatic heterocycles. The molecule has 0 bridgehead atoms. The Kier molecular flexibility index (Phi) is 0.840. The highest BCUT2D eigenvalue weighted by molar-refractivity contribution is 4.95. The van der Waals surface area contributed by atoms with Crippen LogP contribution in [0.5, 0.6) is 0 Å². The maximum Gasteiger partial charge on any atom is 0.219 e. The molecule has 1 aliphatic rings. The van der Waals surface area contributed by atoms with Crippen LogP contribution in [0.2, 0.25) is 0 Å². The number of nitro groups is 1. The fraction of sp³-hybridized carbons (Fsp3) is 1.00. The van der Waals surface area contributed by atoms with Gasteiger partial charge in [0.15, 0.2) is 0 Å². The zero-order valence-corrected chi connectivity index (χ0v) is 5.05. The van der Waals surface area contributed by atoms with Gasteiger partial charge in [-0.25, -0.2) is 0 Å². The van der Waals surface area contributed by atoms with Crippen LogP contribution in [-0.2, 0) is 0 Å². The van der Waals surface area contributed by atoms with Crippen molar-refractivity contribution in [1.82, 2.24) is 0 Å². The summed E-state index contributed by atoms with van der Waals surface area (Å²) in [4.78, 5) is 9.79. The summed E-state index contributed by atoms with van der Waals surface area (Å²) in [5, 5.41) is 9.98. The van der Waals surface area contributed by atoms with Gasteiger partial charge in [0.1, 0.15) is 0 Å². The van der Waals surface area contributed by atoms with Gasteiger partial charge in [0, 0.05) is 16.8 Å². The third kappa shape index (κ3) is 0.680. The molecule has 3 nitrogen and oxygen atoms in total. The molecule has 1 saturated carbocycles. The third-order valence-electron chi connectivity index (χ3n) is 1.72. The van der Waals surface area contributed by atoms with Crippen molar-refractivity contribution in [3.8, 4) is 0 Å². The van der Waals surface area contributed by atoms with Crippen LogP contribution < -0.4 is 0 Å². The van der Waals surface area contributed by atoms with Gasteiger partial charge < -0.3 is 0 Å². The molecule has 1 fully saturated rings. The average molecular weight is 115 g/mol. The molecule has 1 atom stereocenters. The highest BCUT2D eigenvalue weighted by Gasteiger charge is 2.56. The van der Waals surface area contributed by atoms with Crippen LogP contribution in [0.1, 0.15) is 20.3 Å². The van der Waals surface area contributed by atoms with Gasteiger partial charge in [-0.05, 0) is 0 Å². The van der Waals surface area contributed by atoms with Crippen LogP contribution in [-0.4, -0.2) is 11.0 Å². The van der Waals surface area contributed by atoms with E-state index in [4.69, 9.17) is 0 Å². The molecule has 1 rings (SSSR count). The lowest BCUT2D eigenvalue weighted by atomic mass is 10.2. The monoisotopic (exact) mass is 115 g/mol. The second kappa shape index (κ2) is 1.21. The van der Waals surface area contributed by atoms with Gasteiger partial charge in [-0.2, -0.15) is 0 Å². The molecule has 1 unspecified atom stereocenters. The topological polar surface area (TPSA) is 43.1 Å². The van der Waals surface area contributed by atoms with Gasteiger partial charge in [0.05, 0.1) is 0 Å². The van der Waals surface area contributed by atoms with Crippen molar-refractivity contribution in [1.29, 1.82) is 0 Å². The zero-order valence-electron chi connectivity index (χ0n) is 5.05. The van der Waals surface area contributed by atoms with Crippen LogP contribution in [0.25, 0.3) is 0 Å². The lowest BCUT2D eigenvalue weighted by molar-refractivity contribution is -0.501. The fourth-order valence-corrected chi connectivity index (χ4v) is 0.799. The second-order valence-corrected chi connectivity index (χ2v) is 2.99. The summed E-state index contributed by atoms with van der Waals surface area (Å²) in [6.45, 7) is 3.83. The Balaban J connectivity index is 2.48. The number of rotatable bonds is 1. The summed E-state index contributed by atoms with van der Waals surface area (Å²) in [5.41, 5.74) is -0.0104. The Hall–Kier alpha value is -0.600. The summed E-state index contributed by atoms with van der Waals surface area (Å²) < 4.78 is 0. The first kappa shape index (κ1) is 5.54. The molecule has 0 amide bonds. The zero-order chi connectivity index (χ0) is 6.36. The maximum absolute atomic E-state index is 9.98. The van der Waals surface area contributed by atoms with Crippen LogP contribution in [0.4, 0.5) is 0 Å². The van der Waals surface area contributed by atoms with E-state index in [2.05, 4.69) is 0 Å². The molecule has 46 valence electrons. The Morgan fingerprint density at radius 1 is 1.75 bits per heavy atom. The fourth-order valence-electron chi connectivity index (χ4n) is 0.799. The molecular weight excluding hydrogens is 106 g/mol. The summed E-state index contributed by atoms with van der Waals surface area (Å²) >= 11 is 0. The minimum Gasteiger partial charge on any atom is -0.264 e. The van der Waals surface area contributed by atoms with Gasteiger partial charge >= 0.3 is 0 Å². The maximum atomic E-state index is 9.98. The van der Waals surface area contributed by atoms with E-state index in [1.165, 1.54) is 0 Å². The molecular formula is C5H9NO2. The van der Waals surface area contributed by atoms with E-state index in [0.29, 0.717) is 0 Å². The minimum absolute atomic E-state index is 0.0104. The number of hydrogen-bond donors (Lipinski definition) is 0. The first-order chi connectivity index (χ1) is 3.54. The van der Waals surface area contributed by atoms with E-state index in [9.17, 15) is 10.1 Å². The summed E-state index contributed by atoms with van der Waals surface area (Å²) in [6.07, 6.45) is 0.750. The molecule has 0 aliphatic heterocycles. The van der Waals surface area contributed by atoms with Crippen LogP contribution in [0, 0.1) is 15.5 Å². The molecule has 1 aliphatic carbocycles. The van der Waals surface area contributed by atoms with Gasteiger partial charge in [0.2, 0.25) is 6.04 Å². The Morgan fingerprint density at radius 3 is 2.12 bits per heavy atom. The van der Waals surface area contributed by atoms with E-state index >= 15 is 0 Å². The molecule has 0 radical (unpaired) electrons. The largest absolute Gasteiger partial charge is 0.264 e. The van der Waals surface area contributed by atoms with E-state index in [-0.39, 0.29) is 16.4 Å². The van der Waals surface area contributed by atoms with Crippen LogP contribution in [0.3, 0.4) is 0 Å². The van der Waals surface area contributed by atoms with Crippen molar-refractivity contribution in [3.63, 3.8) is 0 Å². The van der Waals surface area contributed by atoms with E-state index in [1.54, 1.807) is 0 Å². The van der Waals surface area contributed by atoms with Crippen LogP contribution >= 0.6 is 0 Å². The van der Waals surface area contributed by atoms with E-state index < -0.39 is 0 Å². The third-order valence-corrected chi connectivity index (χ3v) is 1.72. The highest BCUT2D eigenvalue weighted by Crippen LogP contribution is 2.46. The van der Waals surface area contributed by atoms with E-state index in [0.717, 1.165) is 6.42 Å². The van der Waals surface area contributed by atoms with Crippen molar-refractivity contribution >= 4 is 0 Å². The predicted molar refractivity (Wildman–Crippen MR) is 29.2 cm³/mol. The summed E-state index contributed by atoms with van der Waals surface area (Å²) in [5.74, 6) is 0. The Bertz CT molecular complexity index is 130. The SMILES string of the molecule is CC1(C)CC1[N+](=O)[O-]. The second-order valence-electron chi connectivity index (χ2n) is 2.99. The van der Waals surface area contributed by atoms with Crippen molar-refractivity contribution < 1.29 is 4.92 Å². The first-order valence-electron chi connectivity index (χ1n) is 2.67. The van der Waals surface area contributed by atoms with Gasteiger partial charge in [-0.15, -0.1) is 0 Å². The standard InChI is InChI=1S/C5H9NO2/c1-5(2)3-4(5)6(7)8/h4H,3H2,1-2H3. The Labute approximate surface area is 47.8 Å². The van der Waals surface area contributed by atoms with E-state index in [1.807, 2.05) is 13.8 Å². The first-order valence-corrected chi connectivity index (χ1v) is 2.67. The summed E-state index contributed by atoms with van der Waals surface area (Å²) in [6, 6.07) is -0.262. The normalized spacial score (nSPS) is 32.0. The van der Waals surface area contributed by atoms with Crippen LogP contribution in [0.15, 0.2) is 0 Å². The number of hydrogen-bond acceptors (Lipinski definition) is 2. The van der Waals surface area contributed by atoms with Crippen molar-refractivity contribution in [3.05, 3.63) is 10.1 Å². The molecule has 3 heteroatoms.